The van der Waals surface area contributed by atoms with Gasteiger partial charge in [-0.15, -0.1) is 0 Å². The molecule has 3 aromatic heterocycles. The zero-order chi connectivity index (χ0) is 37.7. The Hall–Kier alpha value is -6.72. The van der Waals surface area contributed by atoms with Crippen molar-refractivity contribution in [2.24, 2.45) is 0 Å². The van der Waals surface area contributed by atoms with Crippen LogP contribution in [0.15, 0.2) is 164 Å². The van der Waals surface area contributed by atoms with E-state index in [0.717, 1.165) is 67.6 Å². The van der Waals surface area contributed by atoms with Gasteiger partial charge in [0, 0.05) is 23.0 Å². The molecule has 268 valence electrons. The highest BCUT2D eigenvalue weighted by Crippen LogP contribution is 2.36. The number of ether oxygens (including phenoxy) is 1. The van der Waals surface area contributed by atoms with Crippen molar-refractivity contribution in [3.8, 4) is 50.9 Å². The standard InChI is InChI=1S/C50H42N4O/c1-34-35(2)53(46-26-23-38(36-15-8-6-9-16-36)29-45(46)37-17-10-7-11-18-37)33-52(34)40-19-14-20-41(31-40)55-42-24-25-44-43-21-12-13-22-47(43)54(48(44)32-42)49-30-39(27-28-51-49)50(3,4)5/h6-32H,1-5H3. The summed E-state index contributed by atoms with van der Waals surface area (Å²) >= 11 is 0. The third-order valence-corrected chi connectivity index (χ3v) is 10.6. The fourth-order valence-electron chi connectivity index (χ4n) is 7.54. The SMILES string of the molecule is Cc1c(C)[n+](-c2ccc(-c3ccccc3)cc2-c2ccccc2)[c-]n1-c1cccc(Oc2ccc3c4ccccc4n(-c4cc(C(C)(C)C)ccn4)c3c2)c1. The highest BCUT2D eigenvalue weighted by Gasteiger charge is 2.20. The van der Waals surface area contributed by atoms with Crippen LogP contribution in [0.3, 0.4) is 0 Å². The second-order valence-corrected chi connectivity index (χ2v) is 15.2. The first-order valence-corrected chi connectivity index (χ1v) is 18.8. The van der Waals surface area contributed by atoms with Gasteiger partial charge in [-0.3, -0.25) is 13.7 Å². The van der Waals surface area contributed by atoms with Gasteiger partial charge in [-0.25, -0.2) is 4.98 Å². The number of rotatable bonds is 7. The van der Waals surface area contributed by atoms with E-state index in [1.54, 1.807) is 0 Å². The minimum atomic E-state index is 0.000227. The number of nitrogens with zero attached hydrogens (tertiary/aromatic N) is 4. The molecule has 9 rings (SSSR count). The third-order valence-electron chi connectivity index (χ3n) is 10.6. The number of aromatic nitrogens is 4. The molecule has 0 N–H and O–H groups in total. The van der Waals surface area contributed by atoms with Gasteiger partial charge in [0.2, 0.25) is 0 Å². The number of fused-ring (bicyclic) bond motifs is 3. The number of hydrogen-bond acceptors (Lipinski definition) is 2. The Bertz CT molecular complexity index is 2840. The van der Waals surface area contributed by atoms with Crippen molar-refractivity contribution in [2.45, 2.75) is 40.0 Å². The first kappa shape index (κ1) is 34.1. The lowest BCUT2D eigenvalue weighted by molar-refractivity contribution is -0.605. The van der Waals surface area contributed by atoms with Crippen molar-refractivity contribution in [1.29, 1.82) is 0 Å². The van der Waals surface area contributed by atoms with Gasteiger partial charge in [0.05, 0.1) is 33.8 Å². The van der Waals surface area contributed by atoms with Gasteiger partial charge >= 0.3 is 0 Å². The molecule has 0 fully saturated rings. The molecule has 5 nitrogen and oxygen atoms in total. The van der Waals surface area contributed by atoms with Crippen LogP contribution in [0.25, 0.3) is 61.3 Å². The van der Waals surface area contributed by atoms with Crippen LogP contribution in [-0.4, -0.2) is 14.1 Å². The Morgan fingerprint density at radius 1 is 0.600 bits per heavy atom. The van der Waals surface area contributed by atoms with Crippen LogP contribution in [0.5, 0.6) is 11.5 Å². The van der Waals surface area contributed by atoms with Gasteiger partial charge in [-0.2, -0.15) is 0 Å². The second kappa shape index (κ2) is 13.6. The van der Waals surface area contributed by atoms with Crippen molar-refractivity contribution in [3.63, 3.8) is 0 Å². The molecule has 5 heteroatoms. The zero-order valence-corrected chi connectivity index (χ0v) is 31.8. The number of para-hydroxylation sites is 1. The van der Waals surface area contributed by atoms with Crippen LogP contribution >= 0.6 is 0 Å². The molecule has 0 amide bonds. The van der Waals surface area contributed by atoms with Crippen molar-refractivity contribution in [3.05, 3.63) is 187 Å². The van der Waals surface area contributed by atoms with Crippen LogP contribution < -0.4 is 9.30 Å². The molecular formula is C50H42N4O. The van der Waals surface area contributed by atoms with E-state index >= 15 is 0 Å². The van der Waals surface area contributed by atoms with E-state index < -0.39 is 0 Å². The molecule has 0 radical (unpaired) electrons. The molecule has 0 unspecified atom stereocenters. The fraction of sp³-hybridized carbons (Fsp3) is 0.120. The molecule has 0 saturated carbocycles. The molecule has 55 heavy (non-hydrogen) atoms. The fourth-order valence-corrected chi connectivity index (χ4v) is 7.54. The normalized spacial score (nSPS) is 11.7. The van der Waals surface area contributed by atoms with E-state index in [4.69, 9.17) is 9.72 Å². The predicted molar refractivity (Wildman–Crippen MR) is 224 cm³/mol. The summed E-state index contributed by atoms with van der Waals surface area (Å²) in [7, 11) is 0. The summed E-state index contributed by atoms with van der Waals surface area (Å²) in [5.41, 5.74) is 12.3. The third kappa shape index (κ3) is 6.28. The van der Waals surface area contributed by atoms with Gasteiger partial charge in [0.1, 0.15) is 17.3 Å². The van der Waals surface area contributed by atoms with E-state index in [1.165, 1.54) is 22.1 Å². The van der Waals surface area contributed by atoms with E-state index in [1.807, 2.05) is 18.3 Å². The largest absolute Gasteiger partial charge is 0.458 e. The average molecular weight is 715 g/mol. The van der Waals surface area contributed by atoms with Crippen LogP contribution in [0.4, 0.5) is 0 Å². The molecule has 9 aromatic rings. The molecule has 0 saturated heterocycles. The quantitative estimate of drug-likeness (QED) is 0.122. The lowest BCUT2D eigenvalue weighted by Crippen LogP contribution is -2.33. The summed E-state index contributed by atoms with van der Waals surface area (Å²) in [5.74, 6) is 2.39. The minimum Gasteiger partial charge on any atom is -0.458 e. The van der Waals surface area contributed by atoms with Gasteiger partial charge in [0.25, 0.3) is 6.33 Å². The highest BCUT2D eigenvalue weighted by molar-refractivity contribution is 6.09. The predicted octanol–water partition coefficient (Wildman–Crippen LogP) is 12.1. The molecule has 0 spiro atoms. The van der Waals surface area contributed by atoms with Gasteiger partial charge in [0.15, 0.2) is 0 Å². The maximum atomic E-state index is 6.64. The topological polar surface area (TPSA) is 35.9 Å². The zero-order valence-electron chi connectivity index (χ0n) is 31.8. The van der Waals surface area contributed by atoms with Gasteiger partial charge in [-0.1, -0.05) is 112 Å². The van der Waals surface area contributed by atoms with Crippen LogP contribution in [0.1, 0.15) is 37.7 Å². The summed E-state index contributed by atoms with van der Waals surface area (Å²) in [5, 5.41) is 2.34. The molecule has 0 bridgehead atoms. The second-order valence-electron chi connectivity index (χ2n) is 15.2. The maximum Gasteiger partial charge on any atom is 0.269 e. The monoisotopic (exact) mass is 714 g/mol. The molecule has 0 aliphatic carbocycles. The van der Waals surface area contributed by atoms with Crippen LogP contribution in [-0.2, 0) is 5.41 Å². The Morgan fingerprint density at radius 3 is 2.09 bits per heavy atom. The van der Waals surface area contributed by atoms with E-state index in [9.17, 15) is 0 Å². The minimum absolute atomic E-state index is 0.000227. The van der Waals surface area contributed by atoms with Crippen molar-refractivity contribution in [1.82, 2.24) is 14.1 Å². The molecule has 0 atom stereocenters. The number of hydrogen-bond donors (Lipinski definition) is 0. The van der Waals surface area contributed by atoms with Gasteiger partial charge < -0.3 is 4.74 Å². The number of imidazole rings is 1. The first-order chi connectivity index (χ1) is 26.7. The summed E-state index contributed by atoms with van der Waals surface area (Å²) in [6.45, 7) is 11.0. The lowest BCUT2D eigenvalue weighted by atomic mass is 9.88. The van der Waals surface area contributed by atoms with E-state index in [0.29, 0.717) is 0 Å². The Morgan fingerprint density at radius 2 is 1.31 bits per heavy atom. The Labute approximate surface area is 322 Å². The van der Waals surface area contributed by atoms with Gasteiger partial charge in [-0.05, 0) is 108 Å². The molecule has 3 heterocycles. The van der Waals surface area contributed by atoms with Crippen molar-refractivity contribution >= 4 is 21.8 Å². The summed E-state index contributed by atoms with van der Waals surface area (Å²) < 4.78 is 13.2. The molecule has 6 aromatic carbocycles. The van der Waals surface area contributed by atoms with Crippen LogP contribution in [0, 0.1) is 20.2 Å². The molecule has 0 aliphatic rings. The Kier molecular flexibility index (Phi) is 8.43. The lowest BCUT2D eigenvalue weighted by Gasteiger charge is -2.20. The highest BCUT2D eigenvalue weighted by atomic mass is 16.5. The summed E-state index contributed by atoms with van der Waals surface area (Å²) in [6, 6.07) is 55.2. The van der Waals surface area contributed by atoms with E-state index in [2.05, 4.69) is 200 Å². The summed E-state index contributed by atoms with van der Waals surface area (Å²) in [4.78, 5) is 4.85. The van der Waals surface area contributed by atoms with Crippen molar-refractivity contribution < 1.29 is 9.30 Å². The molecular weight excluding hydrogens is 673 g/mol. The average Bonchev–Trinajstić information content (AvgIpc) is 3.70. The number of pyridine rings is 1. The molecule has 0 aliphatic heterocycles. The smallest absolute Gasteiger partial charge is 0.269 e. The number of benzene rings is 6. The Balaban J connectivity index is 1.09. The maximum absolute atomic E-state index is 6.64. The van der Waals surface area contributed by atoms with Crippen LogP contribution in [0.2, 0.25) is 0 Å². The van der Waals surface area contributed by atoms with Crippen molar-refractivity contribution in [2.75, 3.05) is 0 Å². The van der Waals surface area contributed by atoms with E-state index in [-0.39, 0.29) is 5.41 Å². The summed E-state index contributed by atoms with van der Waals surface area (Å²) in [6.07, 6.45) is 5.60. The first-order valence-electron chi connectivity index (χ1n) is 18.8.